The van der Waals surface area contributed by atoms with Gasteiger partial charge in [-0.1, -0.05) is 0 Å². The van der Waals surface area contributed by atoms with Crippen molar-refractivity contribution in [3.63, 3.8) is 0 Å². The van der Waals surface area contributed by atoms with E-state index in [9.17, 15) is 0 Å². The van der Waals surface area contributed by atoms with E-state index in [4.69, 9.17) is 4.74 Å². The molecule has 2 aliphatic rings. The maximum absolute atomic E-state index is 5.89. The van der Waals surface area contributed by atoms with Crippen LogP contribution in [0.1, 0.15) is 33.1 Å². The van der Waals surface area contributed by atoms with Crippen LogP contribution >= 0.6 is 24.0 Å². The molecule has 0 spiro atoms. The summed E-state index contributed by atoms with van der Waals surface area (Å²) >= 11 is 0. The SMILES string of the molecule is CC1(C)CCC(CNC2=NCCCN2)O1.I. The van der Waals surface area contributed by atoms with Crippen LogP contribution in [0.15, 0.2) is 4.99 Å². The van der Waals surface area contributed by atoms with E-state index in [1.807, 2.05) is 0 Å². The van der Waals surface area contributed by atoms with Crippen molar-refractivity contribution < 1.29 is 4.74 Å². The molecule has 5 heteroatoms. The van der Waals surface area contributed by atoms with Crippen molar-refractivity contribution in [2.75, 3.05) is 19.6 Å². The summed E-state index contributed by atoms with van der Waals surface area (Å²) in [5.74, 6) is 0.939. The van der Waals surface area contributed by atoms with Gasteiger partial charge in [-0.15, -0.1) is 24.0 Å². The Morgan fingerprint density at radius 1 is 1.56 bits per heavy atom. The molecule has 2 N–H and O–H groups in total. The summed E-state index contributed by atoms with van der Waals surface area (Å²) in [4.78, 5) is 4.37. The first-order valence-corrected chi connectivity index (χ1v) is 5.86. The Bertz CT molecular complexity index is 256. The van der Waals surface area contributed by atoms with Gasteiger partial charge in [0.1, 0.15) is 0 Å². The Balaban J connectivity index is 0.00000128. The second-order valence-corrected chi connectivity index (χ2v) is 4.93. The fraction of sp³-hybridized carbons (Fsp3) is 0.909. The Morgan fingerprint density at radius 3 is 2.94 bits per heavy atom. The third-order valence-electron chi connectivity index (χ3n) is 2.95. The predicted molar refractivity (Wildman–Crippen MR) is 76.5 cm³/mol. The molecule has 0 amide bonds. The average molecular weight is 339 g/mol. The third-order valence-corrected chi connectivity index (χ3v) is 2.95. The smallest absolute Gasteiger partial charge is 0.191 e. The minimum absolute atomic E-state index is 0. The van der Waals surface area contributed by atoms with E-state index in [-0.39, 0.29) is 29.6 Å². The molecule has 0 aromatic carbocycles. The second kappa shape index (κ2) is 6.05. The largest absolute Gasteiger partial charge is 0.371 e. The van der Waals surface area contributed by atoms with Gasteiger partial charge in [-0.3, -0.25) is 4.99 Å². The van der Waals surface area contributed by atoms with Gasteiger partial charge in [0, 0.05) is 19.6 Å². The van der Waals surface area contributed by atoms with Gasteiger partial charge in [0.25, 0.3) is 0 Å². The number of nitrogens with one attached hydrogen (secondary N) is 2. The Labute approximate surface area is 115 Å². The van der Waals surface area contributed by atoms with Gasteiger partial charge in [0.2, 0.25) is 0 Å². The van der Waals surface area contributed by atoms with E-state index in [0.717, 1.165) is 44.9 Å². The minimum Gasteiger partial charge on any atom is -0.371 e. The molecule has 1 unspecified atom stereocenters. The van der Waals surface area contributed by atoms with Crippen LogP contribution in [0, 0.1) is 0 Å². The lowest BCUT2D eigenvalue weighted by atomic mass is 10.1. The van der Waals surface area contributed by atoms with Crippen LogP contribution in [0.2, 0.25) is 0 Å². The van der Waals surface area contributed by atoms with Crippen LogP contribution in [0.3, 0.4) is 0 Å². The van der Waals surface area contributed by atoms with E-state index in [1.54, 1.807) is 0 Å². The van der Waals surface area contributed by atoms with Gasteiger partial charge >= 0.3 is 0 Å². The second-order valence-electron chi connectivity index (χ2n) is 4.93. The molecule has 2 heterocycles. The highest BCUT2D eigenvalue weighted by Gasteiger charge is 2.31. The number of halogens is 1. The van der Waals surface area contributed by atoms with E-state index in [0.29, 0.717) is 6.10 Å². The molecular formula is C11H22IN3O. The van der Waals surface area contributed by atoms with E-state index in [2.05, 4.69) is 29.5 Å². The molecular weight excluding hydrogens is 317 g/mol. The summed E-state index contributed by atoms with van der Waals surface area (Å²) in [5, 5.41) is 6.56. The zero-order valence-corrected chi connectivity index (χ0v) is 12.4. The fourth-order valence-corrected chi connectivity index (χ4v) is 2.08. The quantitative estimate of drug-likeness (QED) is 0.750. The lowest BCUT2D eigenvalue weighted by molar-refractivity contribution is -0.0126. The molecule has 0 saturated carbocycles. The van der Waals surface area contributed by atoms with Crippen molar-refractivity contribution in [1.29, 1.82) is 0 Å². The standard InChI is InChI=1S/C11H21N3O.HI/c1-11(2)5-4-9(15-11)8-14-10-12-6-3-7-13-10;/h9H,3-8H2,1-2H3,(H2,12,13,14);1H. The molecule has 2 rings (SSSR count). The third kappa shape index (κ3) is 4.08. The highest BCUT2D eigenvalue weighted by molar-refractivity contribution is 14.0. The van der Waals surface area contributed by atoms with Crippen molar-refractivity contribution in [2.45, 2.75) is 44.8 Å². The van der Waals surface area contributed by atoms with Crippen LogP contribution in [-0.2, 0) is 4.74 Å². The summed E-state index contributed by atoms with van der Waals surface area (Å²) in [7, 11) is 0. The summed E-state index contributed by atoms with van der Waals surface area (Å²) in [6.45, 7) is 7.15. The molecule has 0 aromatic rings. The first-order chi connectivity index (χ1) is 7.16. The molecule has 0 aromatic heterocycles. The number of hydrogen-bond acceptors (Lipinski definition) is 4. The van der Waals surface area contributed by atoms with Crippen molar-refractivity contribution in [1.82, 2.24) is 10.6 Å². The molecule has 1 atom stereocenters. The van der Waals surface area contributed by atoms with E-state index < -0.39 is 0 Å². The number of guanidine groups is 1. The van der Waals surface area contributed by atoms with Gasteiger partial charge in [0.05, 0.1) is 11.7 Å². The molecule has 16 heavy (non-hydrogen) atoms. The van der Waals surface area contributed by atoms with Gasteiger partial charge in [-0.25, -0.2) is 0 Å². The van der Waals surface area contributed by atoms with Gasteiger partial charge < -0.3 is 15.4 Å². The normalized spacial score (nSPS) is 27.6. The number of hydrogen-bond donors (Lipinski definition) is 2. The molecule has 1 saturated heterocycles. The van der Waals surface area contributed by atoms with Gasteiger partial charge in [-0.2, -0.15) is 0 Å². The van der Waals surface area contributed by atoms with Crippen molar-refractivity contribution >= 4 is 29.9 Å². The van der Waals surface area contributed by atoms with Gasteiger partial charge in [-0.05, 0) is 33.1 Å². The zero-order valence-electron chi connectivity index (χ0n) is 10.1. The van der Waals surface area contributed by atoms with Crippen LogP contribution < -0.4 is 10.6 Å². The molecule has 0 bridgehead atoms. The van der Waals surface area contributed by atoms with Crippen LogP contribution in [-0.4, -0.2) is 37.3 Å². The average Bonchev–Trinajstić information content (AvgIpc) is 2.57. The van der Waals surface area contributed by atoms with Gasteiger partial charge in [0.15, 0.2) is 5.96 Å². The summed E-state index contributed by atoms with van der Waals surface area (Å²) < 4.78 is 5.89. The van der Waals surface area contributed by atoms with Crippen molar-refractivity contribution in [3.8, 4) is 0 Å². The maximum Gasteiger partial charge on any atom is 0.191 e. The number of rotatable bonds is 2. The molecule has 94 valence electrons. The molecule has 2 aliphatic heterocycles. The summed E-state index contributed by atoms with van der Waals surface area (Å²) in [6, 6.07) is 0. The molecule has 0 aliphatic carbocycles. The number of aliphatic imine (C=N–C) groups is 1. The van der Waals surface area contributed by atoms with Crippen molar-refractivity contribution in [2.24, 2.45) is 4.99 Å². The Morgan fingerprint density at radius 2 is 2.38 bits per heavy atom. The summed E-state index contributed by atoms with van der Waals surface area (Å²) in [5.41, 5.74) is 0.0636. The fourth-order valence-electron chi connectivity index (χ4n) is 2.08. The highest BCUT2D eigenvalue weighted by atomic mass is 127. The predicted octanol–water partition coefficient (Wildman–Crippen LogP) is 1.50. The monoisotopic (exact) mass is 339 g/mol. The topological polar surface area (TPSA) is 45.7 Å². The van der Waals surface area contributed by atoms with E-state index >= 15 is 0 Å². The summed E-state index contributed by atoms with van der Waals surface area (Å²) in [6.07, 6.45) is 3.77. The van der Waals surface area contributed by atoms with E-state index in [1.165, 1.54) is 0 Å². The molecule has 1 fully saturated rings. The van der Waals surface area contributed by atoms with Crippen molar-refractivity contribution in [3.05, 3.63) is 0 Å². The lowest BCUT2D eigenvalue weighted by Crippen LogP contribution is -2.43. The Hall–Kier alpha value is -0.0400. The van der Waals surface area contributed by atoms with Crippen LogP contribution in [0.5, 0.6) is 0 Å². The number of nitrogens with zero attached hydrogens (tertiary/aromatic N) is 1. The minimum atomic E-state index is 0. The first-order valence-electron chi connectivity index (χ1n) is 5.86. The molecule has 4 nitrogen and oxygen atoms in total. The maximum atomic E-state index is 5.89. The highest BCUT2D eigenvalue weighted by Crippen LogP contribution is 2.28. The zero-order chi connectivity index (χ0) is 10.7. The molecule has 0 radical (unpaired) electrons. The van der Waals surface area contributed by atoms with Crippen LogP contribution in [0.25, 0.3) is 0 Å². The Kier molecular flexibility index (Phi) is 5.30. The first kappa shape index (κ1) is 14.0. The lowest BCUT2D eigenvalue weighted by Gasteiger charge is -2.21. The number of ether oxygens (including phenoxy) is 1. The van der Waals surface area contributed by atoms with Crippen LogP contribution in [0.4, 0.5) is 0 Å².